The van der Waals surface area contributed by atoms with Crippen molar-refractivity contribution in [2.45, 2.75) is 68.3 Å². The van der Waals surface area contributed by atoms with E-state index in [2.05, 4.69) is 0 Å². The third-order valence-electron chi connectivity index (χ3n) is 5.07. The third kappa shape index (κ3) is 3.37. The zero-order valence-corrected chi connectivity index (χ0v) is 15.1. The van der Waals surface area contributed by atoms with Crippen molar-refractivity contribution in [2.24, 2.45) is 0 Å². The van der Waals surface area contributed by atoms with E-state index >= 15 is 0 Å². The van der Waals surface area contributed by atoms with Gasteiger partial charge in [0.2, 0.25) is 10.0 Å². The van der Waals surface area contributed by atoms with Crippen LogP contribution in [0, 0.1) is 0 Å². The van der Waals surface area contributed by atoms with E-state index in [4.69, 9.17) is 16.3 Å². The fourth-order valence-electron chi connectivity index (χ4n) is 3.94. The summed E-state index contributed by atoms with van der Waals surface area (Å²) in [6.45, 7) is 0. The fraction of sp³-hybridized carbons (Fsp3) is 0.647. The van der Waals surface area contributed by atoms with Gasteiger partial charge < -0.3 is 4.74 Å². The summed E-state index contributed by atoms with van der Waals surface area (Å²) >= 11 is 6.15. The molecular weight excluding hydrogens is 334 g/mol. The van der Waals surface area contributed by atoms with E-state index in [1.807, 2.05) is 4.31 Å². The first-order valence-corrected chi connectivity index (χ1v) is 10.2. The Kier molecular flexibility index (Phi) is 5.19. The van der Waals surface area contributed by atoms with Gasteiger partial charge in [0, 0.05) is 12.1 Å². The van der Waals surface area contributed by atoms with Crippen molar-refractivity contribution >= 4 is 21.6 Å². The highest BCUT2D eigenvalue weighted by Gasteiger charge is 2.39. The normalized spacial score (nSPS) is 20.5. The van der Waals surface area contributed by atoms with Crippen LogP contribution in [0.25, 0.3) is 0 Å². The molecule has 0 saturated heterocycles. The highest BCUT2D eigenvalue weighted by molar-refractivity contribution is 7.89. The molecule has 2 fully saturated rings. The lowest BCUT2D eigenvalue weighted by atomic mass is 10.2. The average Bonchev–Trinajstić information content (AvgIpc) is 3.21. The maximum Gasteiger partial charge on any atom is 0.243 e. The summed E-state index contributed by atoms with van der Waals surface area (Å²) in [6, 6.07) is 5.05. The summed E-state index contributed by atoms with van der Waals surface area (Å²) in [5, 5.41) is 0.339. The number of sulfonamides is 1. The van der Waals surface area contributed by atoms with Gasteiger partial charge in [0.1, 0.15) is 5.75 Å². The molecule has 0 atom stereocenters. The van der Waals surface area contributed by atoms with Crippen molar-refractivity contribution in [3.8, 4) is 5.75 Å². The van der Waals surface area contributed by atoms with Crippen LogP contribution in [0.15, 0.2) is 23.1 Å². The molecule has 0 aliphatic heterocycles. The van der Waals surface area contributed by atoms with Crippen LogP contribution in [0.4, 0.5) is 0 Å². The minimum atomic E-state index is -3.52. The first kappa shape index (κ1) is 17.1. The van der Waals surface area contributed by atoms with Crippen molar-refractivity contribution in [2.75, 3.05) is 7.11 Å². The zero-order valence-electron chi connectivity index (χ0n) is 13.5. The van der Waals surface area contributed by atoms with Crippen LogP contribution in [0.1, 0.15) is 51.4 Å². The van der Waals surface area contributed by atoms with Gasteiger partial charge in [-0.05, 0) is 43.9 Å². The molecule has 0 heterocycles. The van der Waals surface area contributed by atoms with Crippen molar-refractivity contribution < 1.29 is 13.2 Å². The third-order valence-corrected chi connectivity index (χ3v) is 7.36. The predicted molar refractivity (Wildman–Crippen MR) is 91.5 cm³/mol. The van der Waals surface area contributed by atoms with Crippen molar-refractivity contribution in [3.63, 3.8) is 0 Å². The topological polar surface area (TPSA) is 46.6 Å². The number of rotatable bonds is 5. The van der Waals surface area contributed by atoms with Crippen LogP contribution in [-0.4, -0.2) is 31.9 Å². The molecule has 3 rings (SSSR count). The minimum absolute atomic E-state index is 0.143. The molecule has 1 aromatic carbocycles. The summed E-state index contributed by atoms with van der Waals surface area (Å²) in [5.74, 6) is 0.499. The van der Waals surface area contributed by atoms with E-state index in [0.717, 1.165) is 51.4 Å². The molecule has 128 valence electrons. The van der Waals surface area contributed by atoms with E-state index in [1.165, 1.54) is 13.2 Å². The van der Waals surface area contributed by atoms with Crippen molar-refractivity contribution in [3.05, 3.63) is 23.2 Å². The van der Waals surface area contributed by atoms with Crippen LogP contribution >= 0.6 is 11.6 Å². The summed E-state index contributed by atoms with van der Waals surface area (Å²) in [5.41, 5.74) is 0. The molecule has 2 aliphatic carbocycles. The van der Waals surface area contributed by atoms with E-state index < -0.39 is 10.0 Å². The molecule has 0 amide bonds. The van der Waals surface area contributed by atoms with Crippen LogP contribution in [-0.2, 0) is 10.0 Å². The Morgan fingerprint density at radius 1 is 1.04 bits per heavy atom. The van der Waals surface area contributed by atoms with Crippen molar-refractivity contribution in [1.82, 2.24) is 4.31 Å². The van der Waals surface area contributed by atoms with Gasteiger partial charge in [-0.1, -0.05) is 37.3 Å². The number of ether oxygens (including phenoxy) is 1. The molecule has 4 nitrogen and oxygen atoms in total. The smallest absolute Gasteiger partial charge is 0.243 e. The summed E-state index contributed by atoms with van der Waals surface area (Å²) in [7, 11) is -2.00. The number of hydrogen-bond donors (Lipinski definition) is 0. The average molecular weight is 358 g/mol. The molecule has 2 aliphatic rings. The van der Waals surface area contributed by atoms with Gasteiger partial charge in [-0.25, -0.2) is 8.42 Å². The first-order valence-electron chi connectivity index (χ1n) is 8.41. The summed E-state index contributed by atoms with van der Waals surface area (Å²) in [6.07, 6.45) is 8.36. The van der Waals surface area contributed by atoms with Gasteiger partial charge in [0.05, 0.1) is 17.0 Å². The Morgan fingerprint density at radius 2 is 1.57 bits per heavy atom. The molecule has 6 heteroatoms. The second-order valence-corrected chi connectivity index (χ2v) is 8.76. The molecule has 0 aromatic heterocycles. The zero-order chi connectivity index (χ0) is 16.4. The fourth-order valence-corrected chi connectivity index (χ4v) is 6.22. The number of methoxy groups -OCH3 is 1. The van der Waals surface area contributed by atoms with E-state index in [-0.39, 0.29) is 17.0 Å². The Bertz CT molecular complexity index is 634. The summed E-state index contributed by atoms with van der Waals surface area (Å²) < 4.78 is 33.5. The molecule has 0 N–H and O–H groups in total. The maximum absolute atomic E-state index is 13.3. The van der Waals surface area contributed by atoms with Gasteiger partial charge >= 0.3 is 0 Å². The van der Waals surface area contributed by atoms with E-state index in [0.29, 0.717) is 10.8 Å². The monoisotopic (exact) mass is 357 g/mol. The second kappa shape index (κ2) is 6.99. The van der Waals surface area contributed by atoms with Gasteiger partial charge in [0.15, 0.2) is 0 Å². The van der Waals surface area contributed by atoms with Gasteiger partial charge in [0.25, 0.3) is 0 Å². The van der Waals surface area contributed by atoms with Crippen molar-refractivity contribution in [1.29, 1.82) is 0 Å². The lowest BCUT2D eigenvalue weighted by Gasteiger charge is -2.33. The molecule has 0 bridgehead atoms. The molecule has 0 spiro atoms. The Balaban J connectivity index is 1.97. The second-order valence-electron chi connectivity index (χ2n) is 6.51. The molecule has 2 saturated carbocycles. The van der Waals surface area contributed by atoms with Crippen LogP contribution in [0.2, 0.25) is 5.02 Å². The molecular formula is C17H24ClNO3S. The molecule has 23 heavy (non-hydrogen) atoms. The first-order chi connectivity index (χ1) is 11.0. The quantitative estimate of drug-likeness (QED) is 0.792. The lowest BCUT2D eigenvalue weighted by Crippen LogP contribution is -2.45. The SMILES string of the molecule is COc1ccc(S(=O)(=O)N(C2CCCC2)C2CCCC2)cc1Cl. The highest BCUT2D eigenvalue weighted by Crippen LogP contribution is 2.37. The van der Waals surface area contributed by atoms with Gasteiger partial charge in [-0.2, -0.15) is 4.31 Å². The molecule has 1 aromatic rings. The Labute approximate surface area is 143 Å². The number of hydrogen-bond acceptors (Lipinski definition) is 3. The number of nitrogens with zero attached hydrogens (tertiary/aromatic N) is 1. The van der Waals surface area contributed by atoms with E-state index in [9.17, 15) is 8.42 Å². The van der Waals surface area contributed by atoms with Gasteiger partial charge in [-0.3, -0.25) is 0 Å². The lowest BCUT2D eigenvalue weighted by molar-refractivity contribution is 0.252. The standard InChI is InChI=1S/C17H24ClNO3S/c1-22-17-11-10-15(12-16(17)18)23(20,21)19(13-6-2-3-7-13)14-8-4-5-9-14/h10-14H,2-9H2,1H3. The van der Waals surface area contributed by atoms with Gasteiger partial charge in [-0.15, -0.1) is 0 Å². The van der Waals surface area contributed by atoms with Crippen LogP contribution < -0.4 is 4.74 Å². The van der Waals surface area contributed by atoms with Crippen LogP contribution in [0.5, 0.6) is 5.75 Å². The summed E-state index contributed by atoms with van der Waals surface area (Å²) in [4.78, 5) is 0.280. The highest BCUT2D eigenvalue weighted by atomic mass is 35.5. The number of halogens is 1. The Hall–Kier alpha value is -0.780. The number of benzene rings is 1. The minimum Gasteiger partial charge on any atom is -0.495 e. The largest absolute Gasteiger partial charge is 0.495 e. The Morgan fingerprint density at radius 3 is 2.00 bits per heavy atom. The molecule has 0 radical (unpaired) electrons. The molecule has 0 unspecified atom stereocenters. The maximum atomic E-state index is 13.3. The van der Waals surface area contributed by atoms with E-state index in [1.54, 1.807) is 12.1 Å². The predicted octanol–water partition coefficient (Wildman–Crippen LogP) is 4.22. The van der Waals surface area contributed by atoms with Crippen LogP contribution in [0.3, 0.4) is 0 Å².